The smallest absolute Gasteiger partial charge is 0.237 e. The van der Waals surface area contributed by atoms with Crippen LogP contribution in [0.4, 0.5) is 5.69 Å². The monoisotopic (exact) mass is 180 g/mol. The zero-order valence-corrected chi connectivity index (χ0v) is 8.42. The molecule has 0 aliphatic carbocycles. The Hall–Kier alpha value is -1.25. The van der Waals surface area contributed by atoms with E-state index < -0.39 is 0 Å². The molecule has 0 radical (unpaired) electrons. The van der Waals surface area contributed by atoms with Crippen LogP contribution in [0.3, 0.4) is 0 Å². The molecule has 0 aromatic carbocycles. The number of nitrogens with zero attached hydrogens (tertiary/aromatic N) is 1. The summed E-state index contributed by atoms with van der Waals surface area (Å²) in [6.07, 6.45) is 2.13. The quantitative estimate of drug-likeness (QED) is 0.773. The standard InChI is InChI=1S/C10H16N2O/c1-4-5-8-6-9(11)10(13-3)12-7(8)2/h6H,4-5,11H2,1-3H3. The Morgan fingerprint density at radius 3 is 2.77 bits per heavy atom. The van der Waals surface area contributed by atoms with Crippen molar-refractivity contribution in [2.75, 3.05) is 12.8 Å². The summed E-state index contributed by atoms with van der Waals surface area (Å²) in [7, 11) is 1.58. The molecule has 1 rings (SSSR count). The Morgan fingerprint density at radius 2 is 2.23 bits per heavy atom. The van der Waals surface area contributed by atoms with Crippen LogP contribution in [0, 0.1) is 6.92 Å². The normalized spacial score (nSPS) is 10.1. The number of hydrogen-bond donors (Lipinski definition) is 1. The van der Waals surface area contributed by atoms with Crippen LogP contribution in [-0.4, -0.2) is 12.1 Å². The summed E-state index contributed by atoms with van der Waals surface area (Å²) in [4.78, 5) is 4.26. The van der Waals surface area contributed by atoms with E-state index in [1.54, 1.807) is 7.11 Å². The second-order valence-corrected chi connectivity index (χ2v) is 3.08. The third kappa shape index (κ3) is 2.11. The average molecular weight is 180 g/mol. The second-order valence-electron chi connectivity index (χ2n) is 3.08. The van der Waals surface area contributed by atoms with Crippen molar-refractivity contribution >= 4 is 5.69 Å². The first-order valence-corrected chi connectivity index (χ1v) is 4.49. The van der Waals surface area contributed by atoms with Crippen LogP contribution in [0.25, 0.3) is 0 Å². The van der Waals surface area contributed by atoms with Crippen LogP contribution in [-0.2, 0) is 6.42 Å². The van der Waals surface area contributed by atoms with Crippen molar-refractivity contribution in [3.05, 3.63) is 17.3 Å². The molecule has 0 saturated heterocycles. The number of nitrogen functional groups attached to an aromatic ring is 1. The van der Waals surface area contributed by atoms with Gasteiger partial charge in [0.15, 0.2) is 0 Å². The molecule has 0 amide bonds. The van der Waals surface area contributed by atoms with Gasteiger partial charge >= 0.3 is 0 Å². The van der Waals surface area contributed by atoms with Crippen molar-refractivity contribution in [2.24, 2.45) is 0 Å². The van der Waals surface area contributed by atoms with Crippen molar-refractivity contribution in [1.29, 1.82) is 0 Å². The summed E-state index contributed by atoms with van der Waals surface area (Å²) in [6, 6.07) is 1.95. The number of anilines is 1. The summed E-state index contributed by atoms with van der Waals surface area (Å²) in [5.41, 5.74) is 8.58. The van der Waals surface area contributed by atoms with E-state index in [0.29, 0.717) is 11.6 Å². The average Bonchev–Trinajstić information content (AvgIpc) is 2.11. The Kier molecular flexibility index (Phi) is 3.12. The fraction of sp³-hybridized carbons (Fsp3) is 0.500. The minimum atomic E-state index is 0.525. The summed E-state index contributed by atoms with van der Waals surface area (Å²) in [6.45, 7) is 4.12. The fourth-order valence-corrected chi connectivity index (χ4v) is 1.33. The number of aromatic nitrogens is 1. The van der Waals surface area contributed by atoms with Crippen LogP contribution in [0.5, 0.6) is 5.88 Å². The molecule has 1 aromatic heterocycles. The first-order chi connectivity index (χ1) is 6.19. The number of rotatable bonds is 3. The minimum Gasteiger partial charge on any atom is -0.480 e. The van der Waals surface area contributed by atoms with Gasteiger partial charge in [0.2, 0.25) is 5.88 Å². The Bertz CT molecular complexity index is 297. The topological polar surface area (TPSA) is 48.1 Å². The lowest BCUT2D eigenvalue weighted by Gasteiger charge is -2.08. The lowest BCUT2D eigenvalue weighted by molar-refractivity contribution is 0.399. The van der Waals surface area contributed by atoms with Gasteiger partial charge in [-0.2, -0.15) is 0 Å². The van der Waals surface area contributed by atoms with Gasteiger partial charge in [0.25, 0.3) is 0 Å². The van der Waals surface area contributed by atoms with Crippen LogP contribution in [0.2, 0.25) is 0 Å². The van der Waals surface area contributed by atoms with Crippen LogP contribution < -0.4 is 10.5 Å². The lowest BCUT2D eigenvalue weighted by Crippen LogP contribution is -2.00. The first kappa shape index (κ1) is 9.84. The second kappa shape index (κ2) is 4.12. The molecule has 0 aliphatic rings. The van der Waals surface area contributed by atoms with Gasteiger partial charge in [-0.25, -0.2) is 4.98 Å². The number of aryl methyl sites for hydroxylation is 2. The third-order valence-corrected chi connectivity index (χ3v) is 2.02. The molecule has 1 heterocycles. The SMILES string of the molecule is CCCc1cc(N)c(OC)nc1C. The molecule has 0 unspecified atom stereocenters. The van der Waals surface area contributed by atoms with E-state index in [9.17, 15) is 0 Å². The third-order valence-electron chi connectivity index (χ3n) is 2.02. The van der Waals surface area contributed by atoms with Gasteiger partial charge < -0.3 is 10.5 Å². The maximum absolute atomic E-state index is 5.74. The van der Waals surface area contributed by atoms with Gasteiger partial charge in [-0.15, -0.1) is 0 Å². The predicted molar refractivity (Wildman–Crippen MR) is 53.9 cm³/mol. The van der Waals surface area contributed by atoms with Crippen molar-refractivity contribution < 1.29 is 4.74 Å². The van der Waals surface area contributed by atoms with E-state index in [0.717, 1.165) is 18.5 Å². The van der Waals surface area contributed by atoms with Crippen LogP contribution in [0.1, 0.15) is 24.6 Å². The fourth-order valence-electron chi connectivity index (χ4n) is 1.33. The molecule has 0 atom stereocenters. The Labute approximate surface area is 78.9 Å². The van der Waals surface area contributed by atoms with Crippen molar-refractivity contribution in [1.82, 2.24) is 4.98 Å². The molecule has 13 heavy (non-hydrogen) atoms. The number of pyridine rings is 1. The van der Waals surface area contributed by atoms with E-state index in [1.165, 1.54) is 5.56 Å². The molecule has 0 aliphatic heterocycles. The van der Waals surface area contributed by atoms with Gasteiger partial charge in [-0.05, 0) is 25.0 Å². The van der Waals surface area contributed by atoms with E-state index in [1.807, 2.05) is 13.0 Å². The Balaban J connectivity index is 3.05. The molecule has 72 valence electrons. The molecule has 2 N–H and O–H groups in total. The molecule has 3 nitrogen and oxygen atoms in total. The number of nitrogens with two attached hydrogens (primary N) is 1. The number of hydrogen-bond acceptors (Lipinski definition) is 3. The number of methoxy groups -OCH3 is 1. The minimum absolute atomic E-state index is 0.525. The van der Waals surface area contributed by atoms with Gasteiger partial charge in [0.05, 0.1) is 12.8 Å². The highest BCUT2D eigenvalue weighted by Gasteiger charge is 2.05. The Morgan fingerprint density at radius 1 is 1.54 bits per heavy atom. The summed E-state index contributed by atoms with van der Waals surface area (Å²) in [5.74, 6) is 0.525. The molecule has 0 fully saturated rings. The van der Waals surface area contributed by atoms with Crippen molar-refractivity contribution in [3.63, 3.8) is 0 Å². The predicted octanol–water partition coefficient (Wildman–Crippen LogP) is 1.93. The van der Waals surface area contributed by atoms with E-state index in [4.69, 9.17) is 10.5 Å². The van der Waals surface area contributed by atoms with E-state index >= 15 is 0 Å². The summed E-state index contributed by atoms with van der Waals surface area (Å²) in [5, 5.41) is 0. The van der Waals surface area contributed by atoms with E-state index in [-0.39, 0.29) is 0 Å². The first-order valence-electron chi connectivity index (χ1n) is 4.49. The summed E-state index contributed by atoms with van der Waals surface area (Å²) >= 11 is 0. The maximum atomic E-state index is 5.74. The zero-order valence-electron chi connectivity index (χ0n) is 8.42. The summed E-state index contributed by atoms with van der Waals surface area (Å²) < 4.78 is 5.02. The molecular formula is C10H16N2O. The molecular weight excluding hydrogens is 164 g/mol. The lowest BCUT2D eigenvalue weighted by atomic mass is 10.1. The highest BCUT2D eigenvalue weighted by molar-refractivity contribution is 5.51. The molecule has 3 heteroatoms. The molecule has 0 saturated carbocycles. The van der Waals surface area contributed by atoms with Crippen LogP contribution in [0.15, 0.2) is 6.07 Å². The van der Waals surface area contributed by atoms with E-state index in [2.05, 4.69) is 11.9 Å². The highest BCUT2D eigenvalue weighted by atomic mass is 16.5. The molecule has 0 bridgehead atoms. The van der Waals surface area contributed by atoms with Crippen molar-refractivity contribution in [3.8, 4) is 5.88 Å². The van der Waals surface area contributed by atoms with Crippen molar-refractivity contribution in [2.45, 2.75) is 26.7 Å². The molecule has 1 aromatic rings. The van der Waals surface area contributed by atoms with Gasteiger partial charge in [-0.1, -0.05) is 13.3 Å². The maximum Gasteiger partial charge on any atom is 0.237 e. The molecule has 0 spiro atoms. The highest BCUT2D eigenvalue weighted by Crippen LogP contribution is 2.21. The van der Waals surface area contributed by atoms with Crippen LogP contribution >= 0.6 is 0 Å². The largest absolute Gasteiger partial charge is 0.480 e. The number of ether oxygens (including phenoxy) is 1. The van der Waals surface area contributed by atoms with Gasteiger partial charge in [-0.3, -0.25) is 0 Å². The van der Waals surface area contributed by atoms with Gasteiger partial charge in [0, 0.05) is 5.69 Å². The zero-order chi connectivity index (χ0) is 9.84. The van der Waals surface area contributed by atoms with Gasteiger partial charge in [0.1, 0.15) is 0 Å².